The van der Waals surface area contributed by atoms with Crippen molar-refractivity contribution in [1.29, 1.82) is 0 Å². The standard InChI is InChI=1S/C22H14O5/c23-14-27-22-16(18-8-4-12-25-18)10-11-17(20(22)19-9-5-13-26-19)21(24)15-6-2-1-3-7-15/h1-14H. The van der Waals surface area contributed by atoms with Gasteiger partial charge in [0.1, 0.15) is 11.5 Å². The molecular formula is C22H14O5. The van der Waals surface area contributed by atoms with Crippen LogP contribution in [0.4, 0.5) is 0 Å². The second-order valence-electron chi connectivity index (χ2n) is 5.73. The zero-order valence-electron chi connectivity index (χ0n) is 14.1. The first-order valence-corrected chi connectivity index (χ1v) is 8.24. The maximum absolute atomic E-state index is 13.1. The summed E-state index contributed by atoms with van der Waals surface area (Å²) < 4.78 is 16.3. The summed E-state index contributed by atoms with van der Waals surface area (Å²) in [6.07, 6.45) is 3.02. The SMILES string of the molecule is O=COc1c(-c2ccco2)ccc(C(=O)c2ccccc2)c1-c1ccco1. The molecule has 27 heavy (non-hydrogen) atoms. The molecule has 0 aliphatic heterocycles. The summed E-state index contributed by atoms with van der Waals surface area (Å²) in [7, 11) is 0. The zero-order chi connectivity index (χ0) is 18.6. The van der Waals surface area contributed by atoms with Gasteiger partial charge in [-0.1, -0.05) is 30.3 Å². The third-order valence-corrected chi connectivity index (χ3v) is 4.16. The van der Waals surface area contributed by atoms with Gasteiger partial charge in [-0.2, -0.15) is 0 Å². The molecule has 2 heterocycles. The first-order valence-electron chi connectivity index (χ1n) is 8.24. The number of benzene rings is 2. The second kappa shape index (κ2) is 7.17. The van der Waals surface area contributed by atoms with E-state index in [1.165, 1.54) is 12.5 Å². The highest BCUT2D eigenvalue weighted by molar-refractivity contribution is 6.14. The Bertz CT molecular complexity index is 1060. The van der Waals surface area contributed by atoms with Crippen molar-refractivity contribution in [1.82, 2.24) is 0 Å². The van der Waals surface area contributed by atoms with Crippen LogP contribution in [0.5, 0.6) is 5.75 Å². The van der Waals surface area contributed by atoms with Crippen molar-refractivity contribution in [2.45, 2.75) is 0 Å². The van der Waals surface area contributed by atoms with E-state index in [2.05, 4.69) is 0 Å². The molecule has 0 spiro atoms. The summed E-state index contributed by atoms with van der Waals surface area (Å²) in [5.74, 6) is 0.929. The number of ketones is 1. The Morgan fingerprint density at radius 2 is 1.52 bits per heavy atom. The minimum absolute atomic E-state index is 0.205. The van der Waals surface area contributed by atoms with Crippen molar-refractivity contribution < 1.29 is 23.2 Å². The van der Waals surface area contributed by atoms with Gasteiger partial charge in [-0.15, -0.1) is 0 Å². The van der Waals surface area contributed by atoms with Crippen LogP contribution in [-0.2, 0) is 4.79 Å². The lowest BCUT2D eigenvalue weighted by Gasteiger charge is -2.14. The molecule has 0 fully saturated rings. The first-order chi connectivity index (χ1) is 13.3. The largest absolute Gasteiger partial charge is 0.464 e. The van der Waals surface area contributed by atoms with Gasteiger partial charge >= 0.3 is 0 Å². The van der Waals surface area contributed by atoms with E-state index in [-0.39, 0.29) is 11.5 Å². The van der Waals surface area contributed by atoms with Gasteiger partial charge in [0, 0.05) is 11.1 Å². The summed E-state index contributed by atoms with van der Waals surface area (Å²) in [5, 5.41) is 0. The van der Waals surface area contributed by atoms with E-state index in [0.717, 1.165) is 0 Å². The van der Waals surface area contributed by atoms with Gasteiger partial charge in [-0.05, 0) is 36.4 Å². The average molecular weight is 358 g/mol. The van der Waals surface area contributed by atoms with Gasteiger partial charge in [-0.3, -0.25) is 9.59 Å². The maximum Gasteiger partial charge on any atom is 0.298 e. The number of hydrogen-bond donors (Lipinski definition) is 0. The van der Waals surface area contributed by atoms with E-state index < -0.39 is 0 Å². The molecule has 0 amide bonds. The number of furan rings is 2. The number of carbonyl (C=O) groups excluding carboxylic acids is 2. The van der Waals surface area contributed by atoms with Crippen molar-refractivity contribution in [3.8, 4) is 28.4 Å². The van der Waals surface area contributed by atoms with Crippen molar-refractivity contribution in [2.75, 3.05) is 0 Å². The molecule has 4 aromatic rings. The molecule has 0 aliphatic rings. The van der Waals surface area contributed by atoms with Crippen molar-refractivity contribution in [3.63, 3.8) is 0 Å². The summed E-state index contributed by atoms with van der Waals surface area (Å²) in [4.78, 5) is 24.3. The van der Waals surface area contributed by atoms with Gasteiger partial charge in [0.15, 0.2) is 11.5 Å². The van der Waals surface area contributed by atoms with Gasteiger partial charge in [0.05, 0.1) is 23.7 Å². The number of rotatable bonds is 6. The van der Waals surface area contributed by atoms with Crippen molar-refractivity contribution in [3.05, 3.63) is 90.4 Å². The van der Waals surface area contributed by atoms with Gasteiger partial charge in [-0.25, -0.2) is 0 Å². The van der Waals surface area contributed by atoms with E-state index in [0.29, 0.717) is 40.2 Å². The lowest BCUT2D eigenvalue weighted by molar-refractivity contribution is -0.120. The quantitative estimate of drug-likeness (QED) is 0.359. The molecule has 0 saturated heterocycles. The van der Waals surface area contributed by atoms with Crippen LogP contribution in [0.25, 0.3) is 22.6 Å². The van der Waals surface area contributed by atoms with E-state index >= 15 is 0 Å². The van der Waals surface area contributed by atoms with E-state index in [9.17, 15) is 9.59 Å². The average Bonchev–Trinajstić information content (AvgIpc) is 3.42. The fraction of sp³-hybridized carbons (Fsp3) is 0. The van der Waals surface area contributed by atoms with Crippen LogP contribution in [0.1, 0.15) is 15.9 Å². The fourth-order valence-corrected chi connectivity index (χ4v) is 2.98. The Morgan fingerprint density at radius 3 is 2.15 bits per heavy atom. The number of carbonyl (C=O) groups is 2. The highest BCUT2D eigenvalue weighted by Crippen LogP contribution is 2.42. The molecule has 0 bridgehead atoms. The first kappa shape index (κ1) is 16.6. The summed E-state index contributed by atoms with van der Waals surface area (Å²) in [6.45, 7) is 0.324. The van der Waals surface area contributed by atoms with E-state index in [1.54, 1.807) is 60.7 Å². The van der Waals surface area contributed by atoms with Crippen LogP contribution in [0, 0.1) is 0 Å². The Hall–Kier alpha value is -3.86. The molecule has 5 nitrogen and oxygen atoms in total. The third kappa shape index (κ3) is 3.06. The molecule has 0 atom stereocenters. The van der Waals surface area contributed by atoms with Gasteiger partial charge < -0.3 is 13.6 Å². The second-order valence-corrected chi connectivity index (χ2v) is 5.73. The summed E-state index contributed by atoms with van der Waals surface area (Å²) >= 11 is 0. The summed E-state index contributed by atoms with van der Waals surface area (Å²) in [6, 6.07) is 19.2. The molecule has 5 heteroatoms. The van der Waals surface area contributed by atoms with Crippen molar-refractivity contribution in [2.24, 2.45) is 0 Å². The van der Waals surface area contributed by atoms with E-state index in [4.69, 9.17) is 13.6 Å². The normalized spacial score (nSPS) is 10.5. The predicted octanol–water partition coefficient (Wildman–Crippen LogP) is 4.97. The van der Waals surface area contributed by atoms with Crippen LogP contribution < -0.4 is 4.74 Å². The Balaban J connectivity index is 1.98. The molecule has 132 valence electrons. The number of hydrogen-bond acceptors (Lipinski definition) is 5. The summed E-state index contributed by atoms with van der Waals surface area (Å²) in [5.41, 5.74) is 1.83. The number of ether oxygens (including phenoxy) is 1. The highest BCUT2D eigenvalue weighted by Gasteiger charge is 2.25. The molecule has 2 aromatic carbocycles. The van der Waals surface area contributed by atoms with Crippen LogP contribution in [0.15, 0.2) is 88.1 Å². The molecule has 0 radical (unpaired) electrons. The van der Waals surface area contributed by atoms with Crippen LogP contribution in [0.2, 0.25) is 0 Å². The fourth-order valence-electron chi connectivity index (χ4n) is 2.98. The highest BCUT2D eigenvalue weighted by atomic mass is 16.5. The minimum Gasteiger partial charge on any atom is -0.464 e. The lowest BCUT2D eigenvalue weighted by Crippen LogP contribution is -2.06. The Morgan fingerprint density at radius 1 is 0.815 bits per heavy atom. The van der Waals surface area contributed by atoms with Crippen LogP contribution in [0.3, 0.4) is 0 Å². The predicted molar refractivity (Wildman–Crippen MR) is 98.4 cm³/mol. The molecule has 0 aliphatic carbocycles. The topological polar surface area (TPSA) is 69.7 Å². The molecule has 0 N–H and O–H groups in total. The molecule has 4 rings (SSSR count). The smallest absolute Gasteiger partial charge is 0.298 e. The lowest BCUT2D eigenvalue weighted by atomic mass is 9.93. The Labute approximate surface area is 154 Å². The molecule has 0 saturated carbocycles. The Kier molecular flexibility index (Phi) is 4.41. The molecular weight excluding hydrogens is 344 g/mol. The van der Waals surface area contributed by atoms with E-state index in [1.807, 2.05) is 6.07 Å². The van der Waals surface area contributed by atoms with Crippen molar-refractivity contribution >= 4 is 12.3 Å². The zero-order valence-corrected chi connectivity index (χ0v) is 14.1. The minimum atomic E-state index is -0.205. The van der Waals surface area contributed by atoms with Gasteiger partial charge in [0.2, 0.25) is 0 Å². The monoisotopic (exact) mass is 358 g/mol. The molecule has 2 aromatic heterocycles. The maximum atomic E-state index is 13.1. The van der Waals surface area contributed by atoms with Gasteiger partial charge in [0.25, 0.3) is 6.47 Å². The third-order valence-electron chi connectivity index (χ3n) is 4.16. The van der Waals surface area contributed by atoms with Crippen LogP contribution >= 0.6 is 0 Å². The molecule has 0 unspecified atom stereocenters. The van der Waals surface area contributed by atoms with Crippen LogP contribution in [-0.4, -0.2) is 12.3 Å².